The summed E-state index contributed by atoms with van der Waals surface area (Å²) in [4.78, 5) is 16.8. The van der Waals surface area contributed by atoms with Crippen molar-refractivity contribution in [2.45, 2.75) is 20.8 Å². The Morgan fingerprint density at radius 2 is 2.00 bits per heavy atom. The second-order valence-corrected chi connectivity index (χ2v) is 5.39. The highest BCUT2D eigenvalue weighted by Crippen LogP contribution is 2.25. The first-order valence-electron chi connectivity index (χ1n) is 7.59. The molecule has 3 rings (SSSR count). The molecule has 0 atom stereocenters. The predicted octanol–water partition coefficient (Wildman–Crippen LogP) is 3.09. The Morgan fingerprint density at radius 3 is 2.62 bits per heavy atom. The van der Waals surface area contributed by atoms with Gasteiger partial charge in [0.15, 0.2) is 5.65 Å². The van der Waals surface area contributed by atoms with Crippen molar-refractivity contribution in [3.05, 3.63) is 52.8 Å². The summed E-state index contributed by atoms with van der Waals surface area (Å²) >= 11 is 0. The first kappa shape index (κ1) is 15.7. The average Bonchev–Trinajstić information content (AvgIpc) is 2.91. The Bertz CT molecular complexity index is 965. The fraction of sp³-hybridized carbons (Fsp3) is 0.222. The molecule has 0 amide bonds. The van der Waals surface area contributed by atoms with Crippen LogP contribution in [0, 0.1) is 25.2 Å². The van der Waals surface area contributed by atoms with Crippen LogP contribution in [-0.4, -0.2) is 27.3 Å². The molecule has 120 valence electrons. The van der Waals surface area contributed by atoms with Crippen LogP contribution >= 0.6 is 0 Å². The summed E-state index contributed by atoms with van der Waals surface area (Å²) in [6.07, 6.45) is 0. The lowest BCUT2D eigenvalue weighted by Crippen LogP contribution is -2.07. The van der Waals surface area contributed by atoms with Gasteiger partial charge >= 0.3 is 5.97 Å². The summed E-state index contributed by atoms with van der Waals surface area (Å²) in [5.74, 6) is -0.379. The maximum Gasteiger partial charge on any atom is 0.339 e. The van der Waals surface area contributed by atoms with Gasteiger partial charge in [-0.1, -0.05) is 0 Å². The maximum absolute atomic E-state index is 12.3. The van der Waals surface area contributed by atoms with Gasteiger partial charge in [0.1, 0.15) is 0 Å². The molecule has 2 aromatic heterocycles. The number of carbonyl (C=O) groups is 1. The zero-order chi connectivity index (χ0) is 17.3. The van der Waals surface area contributed by atoms with Crippen molar-refractivity contribution in [3.63, 3.8) is 0 Å². The van der Waals surface area contributed by atoms with Gasteiger partial charge < -0.3 is 4.74 Å². The van der Waals surface area contributed by atoms with Gasteiger partial charge in [0.25, 0.3) is 0 Å². The fourth-order valence-corrected chi connectivity index (χ4v) is 2.64. The van der Waals surface area contributed by atoms with Gasteiger partial charge in [0.2, 0.25) is 0 Å². The third-order valence-electron chi connectivity index (χ3n) is 3.68. The summed E-state index contributed by atoms with van der Waals surface area (Å²) in [7, 11) is 0. The molecule has 0 spiro atoms. The number of benzene rings is 1. The lowest BCUT2D eigenvalue weighted by atomic mass is 10.1. The Balaban J connectivity index is 2.24. The molecule has 6 nitrogen and oxygen atoms in total. The minimum absolute atomic E-state index is 0.310. The third-order valence-corrected chi connectivity index (χ3v) is 3.68. The molecule has 0 bridgehead atoms. The first-order chi connectivity index (χ1) is 11.5. The SMILES string of the molecule is CCOC(=O)c1cc(C)nc2c1c(C)nn2-c1ccc(C#N)cc1. The summed E-state index contributed by atoms with van der Waals surface area (Å²) in [6.45, 7) is 5.75. The van der Waals surface area contributed by atoms with Crippen LogP contribution in [0.4, 0.5) is 0 Å². The number of rotatable bonds is 3. The normalized spacial score (nSPS) is 10.6. The van der Waals surface area contributed by atoms with Crippen molar-refractivity contribution in [3.8, 4) is 11.8 Å². The number of ether oxygens (including phenoxy) is 1. The smallest absolute Gasteiger partial charge is 0.339 e. The molecule has 2 heterocycles. The van der Waals surface area contributed by atoms with Crippen LogP contribution in [0.15, 0.2) is 30.3 Å². The number of fused-ring (bicyclic) bond motifs is 1. The second kappa shape index (κ2) is 6.13. The summed E-state index contributed by atoms with van der Waals surface area (Å²) in [5.41, 5.74) is 3.82. The number of nitrogens with zero attached hydrogens (tertiary/aromatic N) is 4. The van der Waals surface area contributed by atoms with E-state index in [0.29, 0.717) is 40.2 Å². The predicted molar refractivity (Wildman–Crippen MR) is 89.0 cm³/mol. The van der Waals surface area contributed by atoms with Gasteiger partial charge in [-0.15, -0.1) is 0 Å². The van der Waals surface area contributed by atoms with Gasteiger partial charge in [0, 0.05) is 5.69 Å². The molecule has 0 N–H and O–H groups in total. The van der Waals surface area contributed by atoms with E-state index in [4.69, 9.17) is 10.00 Å². The molecular weight excluding hydrogens is 304 g/mol. The summed E-state index contributed by atoms with van der Waals surface area (Å²) in [5, 5.41) is 14.1. The van der Waals surface area contributed by atoms with E-state index in [2.05, 4.69) is 16.2 Å². The quantitative estimate of drug-likeness (QED) is 0.693. The van der Waals surface area contributed by atoms with Gasteiger partial charge in [-0.2, -0.15) is 10.4 Å². The molecule has 6 heteroatoms. The van der Waals surface area contributed by atoms with Crippen LogP contribution in [0.3, 0.4) is 0 Å². The van der Waals surface area contributed by atoms with E-state index in [0.717, 1.165) is 5.69 Å². The maximum atomic E-state index is 12.3. The van der Waals surface area contributed by atoms with E-state index in [9.17, 15) is 4.79 Å². The van der Waals surface area contributed by atoms with Gasteiger partial charge in [-0.3, -0.25) is 0 Å². The second-order valence-electron chi connectivity index (χ2n) is 5.39. The van der Waals surface area contributed by atoms with Crippen molar-refractivity contribution in [1.29, 1.82) is 5.26 Å². The Labute approximate surface area is 139 Å². The molecule has 24 heavy (non-hydrogen) atoms. The summed E-state index contributed by atoms with van der Waals surface area (Å²) < 4.78 is 6.83. The van der Waals surface area contributed by atoms with E-state index in [1.807, 2.05) is 13.8 Å². The minimum atomic E-state index is -0.379. The number of aryl methyl sites for hydroxylation is 2. The van der Waals surface area contributed by atoms with Crippen LogP contribution in [0.1, 0.15) is 34.2 Å². The molecular formula is C18H16N4O2. The minimum Gasteiger partial charge on any atom is -0.462 e. The number of hydrogen-bond acceptors (Lipinski definition) is 5. The highest BCUT2D eigenvalue weighted by molar-refractivity contribution is 6.04. The molecule has 0 unspecified atom stereocenters. The van der Waals surface area contributed by atoms with Gasteiger partial charge in [-0.25, -0.2) is 14.5 Å². The standard InChI is InChI=1S/C18H16N4O2/c1-4-24-18(23)15-9-11(2)20-17-16(15)12(3)21-22(17)14-7-5-13(10-19)6-8-14/h5-9H,4H2,1-3H3. The molecule has 0 aliphatic heterocycles. The van der Waals surface area contributed by atoms with Crippen LogP contribution in [0.2, 0.25) is 0 Å². The van der Waals surface area contributed by atoms with Gasteiger partial charge in [0.05, 0.1) is 40.6 Å². The number of aromatic nitrogens is 3. The molecule has 1 aromatic carbocycles. The van der Waals surface area contributed by atoms with E-state index in [1.54, 1.807) is 41.9 Å². The number of hydrogen-bond donors (Lipinski definition) is 0. The average molecular weight is 320 g/mol. The molecule has 0 fully saturated rings. The van der Waals surface area contributed by atoms with Crippen LogP contribution in [0.25, 0.3) is 16.7 Å². The Kier molecular flexibility index (Phi) is 4.00. The van der Waals surface area contributed by atoms with E-state index < -0.39 is 0 Å². The topological polar surface area (TPSA) is 80.8 Å². The third kappa shape index (κ3) is 2.61. The van der Waals surface area contributed by atoms with Crippen molar-refractivity contribution in [2.75, 3.05) is 6.61 Å². The van der Waals surface area contributed by atoms with Gasteiger partial charge in [-0.05, 0) is 51.1 Å². The number of carbonyl (C=O) groups excluding carboxylic acids is 1. The Hall–Kier alpha value is -3.20. The number of pyridine rings is 1. The van der Waals surface area contributed by atoms with Crippen LogP contribution < -0.4 is 0 Å². The molecule has 0 aliphatic carbocycles. The van der Waals surface area contributed by atoms with Crippen molar-refractivity contribution in [2.24, 2.45) is 0 Å². The Morgan fingerprint density at radius 1 is 1.29 bits per heavy atom. The van der Waals surface area contributed by atoms with E-state index in [-0.39, 0.29) is 5.97 Å². The zero-order valence-corrected chi connectivity index (χ0v) is 13.7. The van der Waals surface area contributed by atoms with Crippen LogP contribution in [0.5, 0.6) is 0 Å². The fourth-order valence-electron chi connectivity index (χ4n) is 2.64. The van der Waals surface area contributed by atoms with Crippen LogP contribution in [-0.2, 0) is 4.74 Å². The first-order valence-corrected chi connectivity index (χ1v) is 7.59. The molecule has 0 aliphatic rings. The van der Waals surface area contributed by atoms with E-state index in [1.165, 1.54) is 0 Å². The largest absolute Gasteiger partial charge is 0.462 e. The van der Waals surface area contributed by atoms with Crippen molar-refractivity contribution in [1.82, 2.24) is 14.8 Å². The highest BCUT2D eigenvalue weighted by atomic mass is 16.5. The molecule has 3 aromatic rings. The molecule has 0 radical (unpaired) electrons. The lowest BCUT2D eigenvalue weighted by molar-refractivity contribution is 0.0528. The zero-order valence-electron chi connectivity index (χ0n) is 13.7. The highest BCUT2D eigenvalue weighted by Gasteiger charge is 2.20. The van der Waals surface area contributed by atoms with Crippen molar-refractivity contribution >= 4 is 17.0 Å². The molecule has 0 saturated carbocycles. The number of nitriles is 1. The monoisotopic (exact) mass is 320 g/mol. The molecule has 0 saturated heterocycles. The van der Waals surface area contributed by atoms with Crippen molar-refractivity contribution < 1.29 is 9.53 Å². The lowest BCUT2D eigenvalue weighted by Gasteiger charge is -2.06. The van der Waals surface area contributed by atoms with E-state index >= 15 is 0 Å². The number of esters is 1. The summed E-state index contributed by atoms with van der Waals surface area (Å²) in [6, 6.07) is 10.9.